The van der Waals surface area contributed by atoms with Crippen molar-refractivity contribution in [3.05, 3.63) is 43.0 Å². The summed E-state index contributed by atoms with van der Waals surface area (Å²) in [7, 11) is -2.60. The number of anilines is 1. The van der Waals surface area contributed by atoms with Crippen LogP contribution in [0.15, 0.2) is 43.0 Å². The van der Waals surface area contributed by atoms with E-state index in [4.69, 9.17) is 13.8 Å². The van der Waals surface area contributed by atoms with Crippen LogP contribution in [0.2, 0.25) is 0 Å². The summed E-state index contributed by atoms with van der Waals surface area (Å²) in [5.41, 5.74) is 1.48. The zero-order chi connectivity index (χ0) is 26.3. The molecule has 0 spiro atoms. The fourth-order valence-electron chi connectivity index (χ4n) is 5.91. The molecule has 3 fully saturated rings. The van der Waals surface area contributed by atoms with Gasteiger partial charge >= 0.3 is 13.7 Å². The summed E-state index contributed by atoms with van der Waals surface area (Å²) in [6.45, 7) is 1.82. The molecule has 3 aromatic rings. The number of carbonyl (C=O) groups excluding carboxylic acids is 1. The highest BCUT2D eigenvalue weighted by molar-refractivity contribution is 7.52. The summed E-state index contributed by atoms with van der Waals surface area (Å²) in [4.78, 5) is 25.7. The predicted molar refractivity (Wildman–Crippen MR) is 141 cm³/mol. The predicted octanol–water partition coefficient (Wildman–Crippen LogP) is 4.49. The molecule has 12 heteroatoms. The first-order chi connectivity index (χ1) is 18.4. The monoisotopic (exact) mass is 540 g/mol. The maximum atomic E-state index is 13.9. The van der Waals surface area contributed by atoms with Crippen LogP contribution in [0.5, 0.6) is 5.75 Å². The maximum absolute atomic E-state index is 13.9. The lowest BCUT2D eigenvalue weighted by Gasteiger charge is -2.32. The van der Waals surface area contributed by atoms with Crippen molar-refractivity contribution >= 4 is 30.7 Å². The number of methoxy groups -OCH3 is 1. The van der Waals surface area contributed by atoms with Crippen LogP contribution >= 0.6 is 7.75 Å². The van der Waals surface area contributed by atoms with Gasteiger partial charge in [-0.15, -0.1) is 0 Å². The van der Waals surface area contributed by atoms with Gasteiger partial charge < -0.3 is 19.1 Å². The fourth-order valence-corrected chi connectivity index (χ4v) is 7.51. The molecule has 2 bridgehead atoms. The molecule has 202 valence electrons. The van der Waals surface area contributed by atoms with Gasteiger partial charge in [-0.25, -0.2) is 19.5 Å². The van der Waals surface area contributed by atoms with Gasteiger partial charge in [-0.3, -0.25) is 9.32 Å². The van der Waals surface area contributed by atoms with E-state index in [0.717, 1.165) is 55.5 Å². The number of hydrogen-bond acceptors (Lipinski definition) is 9. The smallest absolute Gasteiger partial charge is 0.459 e. The highest BCUT2D eigenvalue weighted by Crippen LogP contribution is 2.61. The highest BCUT2D eigenvalue weighted by Gasteiger charge is 2.52. The van der Waals surface area contributed by atoms with Gasteiger partial charge in [0.05, 0.1) is 20.0 Å². The number of benzene rings is 1. The Morgan fingerprint density at radius 1 is 1.18 bits per heavy atom. The Hall–Kier alpha value is -3.01. The molecule has 1 aromatic carbocycles. The van der Waals surface area contributed by atoms with Gasteiger partial charge in [0.2, 0.25) is 0 Å². The summed E-state index contributed by atoms with van der Waals surface area (Å²) < 4.78 is 32.7. The molecule has 6 rings (SSSR count). The molecule has 0 radical (unpaired) electrons. The normalized spacial score (nSPS) is 26.7. The van der Waals surface area contributed by atoms with Crippen LogP contribution in [0.4, 0.5) is 5.82 Å². The summed E-state index contributed by atoms with van der Waals surface area (Å²) in [6.07, 6.45) is 9.62. The largest absolute Gasteiger partial charge is 0.468 e. The minimum Gasteiger partial charge on any atom is -0.468 e. The topological polar surface area (TPSA) is 129 Å². The number of ether oxygens (including phenoxy) is 1. The summed E-state index contributed by atoms with van der Waals surface area (Å²) in [6, 6.07) is 8.65. The third kappa shape index (κ3) is 5.02. The molecule has 11 nitrogen and oxygen atoms in total. The Labute approximate surface area is 221 Å². The van der Waals surface area contributed by atoms with Crippen molar-refractivity contribution in [2.45, 2.75) is 63.6 Å². The molecule has 3 saturated carbocycles. The first kappa shape index (κ1) is 25.3. The lowest BCUT2D eigenvalue weighted by atomic mass is 9.83. The van der Waals surface area contributed by atoms with Crippen LogP contribution in [0, 0.1) is 11.3 Å². The van der Waals surface area contributed by atoms with Gasteiger partial charge in [-0.05, 0) is 68.9 Å². The molecule has 5 atom stereocenters. The Morgan fingerprint density at radius 2 is 2.00 bits per heavy atom. The second-order valence-corrected chi connectivity index (χ2v) is 12.5. The molecule has 3 aliphatic carbocycles. The van der Waals surface area contributed by atoms with Crippen molar-refractivity contribution in [2.24, 2.45) is 11.3 Å². The Kier molecular flexibility index (Phi) is 6.62. The van der Waals surface area contributed by atoms with Gasteiger partial charge in [-0.1, -0.05) is 18.2 Å². The highest BCUT2D eigenvalue weighted by atomic mass is 31.2. The standard InChI is InChI=1S/C26H33N6O5P/c1-17(25(33)35-2)31-38(34,37-20-6-4-3-5-7-20)36-14-26-11-10-18(12-26)21(13-26)32-16-29-22-23(30-19-8-9-19)27-15-28-24(22)32/h3-7,15-19,21H,8-14H2,1-2H3,(H,31,34)(H,27,28,30)/t17-,18+,21+,26+,38?/m0/s1. The van der Waals surface area contributed by atoms with E-state index in [9.17, 15) is 9.36 Å². The average Bonchev–Trinajstić information content (AvgIpc) is 3.33. The molecule has 2 N–H and O–H groups in total. The zero-order valence-corrected chi connectivity index (χ0v) is 22.5. The molecule has 2 heterocycles. The molecular formula is C26H33N6O5P. The van der Waals surface area contributed by atoms with Crippen molar-refractivity contribution < 1.29 is 23.1 Å². The van der Waals surface area contributed by atoms with E-state index in [1.807, 2.05) is 12.4 Å². The number of rotatable bonds is 11. The van der Waals surface area contributed by atoms with Gasteiger partial charge in [0.15, 0.2) is 11.5 Å². The molecule has 0 saturated heterocycles. The van der Waals surface area contributed by atoms with Gasteiger partial charge in [0.1, 0.15) is 23.6 Å². The number of hydrogen-bond donors (Lipinski definition) is 2. The van der Waals surface area contributed by atoms with Crippen molar-refractivity contribution in [1.82, 2.24) is 24.6 Å². The Bertz CT molecular complexity index is 1360. The minimum absolute atomic E-state index is 0.153. The van der Waals surface area contributed by atoms with Crippen LogP contribution < -0.4 is 14.9 Å². The number of imidazole rings is 1. The van der Waals surface area contributed by atoms with E-state index < -0.39 is 19.8 Å². The number of esters is 1. The van der Waals surface area contributed by atoms with Crippen molar-refractivity contribution in [3.63, 3.8) is 0 Å². The molecule has 3 aliphatic rings. The number of nitrogens with zero attached hydrogens (tertiary/aromatic N) is 4. The van der Waals surface area contributed by atoms with Crippen molar-refractivity contribution in [1.29, 1.82) is 0 Å². The van der Waals surface area contributed by atoms with Crippen LogP contribution in [0.3, 0.4) is 0 Å². The molecule has 2 aromatic heterocycles. The number of aromatic nitrogens is 4. The van der Waals surface area contributed by atoms with E-state index in [-0.39, 0.29) is 18.1 Å². The second-order valence-electron chi connectivity index (χ2n) is 10.8. The average molecular weight is 541 g/mol. The van der Waals surface area contributed by atoms with E-state index in [0.29, 0.717) is 17.7 Å². The van der Waals surface area contributed by atoms with Gasteiger partial charge in [-0.2, -0.15) is 5.09 Å². The van der Waals surface area contributed by atoms with E-state index in [1.165, 1.54) is 7.11 Å². The van der Waals surface area contributed by atoms with Gasteiger partial charge in [0, 0.05) is 12.1 Å². The third-order valence-electron chi connectivity index (χ3n) is 7.98. The Morgan fingerprint density at radius 3 is 2.76 bits per heavy atom. The number of carbonyl (C=O) groups is 1. The van der Waals surface area contributed by atoms with Crippen LogP contribution in [0.25, 0.3) is 11.2 Å². The molecule has 1 unspecified atom stereocenters. The number of fused-ring (bicyclic) bond motifs is 3. The van der Waals surface area contributed by atoms with Crippen LogP contribution in [0.1, 0.15) is 51.5 Å². The first-order valence-corrected chi connectivity index (χ1v) is 14.7. The third-order valence-corrected chi connectivity index (χ3v) is 9.60. The summed E-state index contributed by atoms with van der Waals surface area (Å²) >= 11 is 0. The van der Waals surface area contributed by atoms with Crippen LogP contribution in [-0.2, 0) is 18.6 Å². The quantitative estimate of drug-likeness (QED) is 0.265. The van der Waals surface area contributed by atoms with Gasteiger partial charge in [0.25, 0.3) is 0 Å². The van der Waals surface area contributed by atoms with Crippen LogP contribution in [-0.4, -0.2) is 51.3 Å². The number of nitrogens with one attached hydrogen (secondary N) is 2. The molecule has 38 heavy (non-hydrogen) atoms. The number of para-hydroxylation sites is 1. The maximum Gasteiger partial charge on any atom is 0.459 e. The van der Waals surface area contributed by atoms with Crippen molar-refractivity contribution in [2.75, 3.05) is 19.0 Å². The SMILES string of the molecule is COC(=O)[C@H](C)NP(=O)(OC[C@]12CC[C@H](C1)[C@H](n1cnc3c(NC4CC4)ncnc31)C2)Oc1ccccc1. The molecular weight excluding hydrogens is 507 g/mol. The molecule has 0 amide bonds. The first-order valence-electron chi connectivity index (χ1n) is 13.2. The van der Waals surface area contributed by atoms with Crippen molar-refractivity contribution in [3.8, 4) is 5.75 Å². The minimum atomic E-state index is -3.89. The lowest BCUT2D eigenvalue weighted by Crippen LogP contribution is -2.35. The lowest BCUT2D eigenvalue weighted by molar-refractivity contribution is -0.142. The zero-order valence-electron chi connectivity index (χ0n) is 21.6. The Balaban J connectivity index is 1.19. The van der Waals surface area contributed by atoms with E-state index in [1.54, 1.807) is 37.5 Å². The summed E-state index contributed by atoms with van der Waals surface area (Å²) in [5, 5.41) is 6.22. The summed E-state index contributed by atoms with van der Waals surface area (Å²) in [5.74, 6) is 1.09. The molecule has 0 aliphatic heterocycles. The fraction of sp³-hybridized carbons (Fsp3) is 0.538. The second kappa shape index (κ2) is 9.94. The van der Waals surface area contributed by atoms with E-state index in [2.05, 4.69) is 29.9 Å². The van der Waals surface area contributed by atoms with E-state index >= 15 is 0 Å².